The van der Waals surface area contributed by atoms with Crippen molar-refractivity contribution in [2.45, 2.75) is 39.3 Å². The highest BCUT2D eigenvalue weighted by molar-refractivity contribution is 5.65. The molecule has 1 aromatic heterocycles. The Balaban J connectivity index is 1.73. The first-order valence-electron chi connectivity index (χ1n) is 10.1. The van der Waals surface area contributed by atoms with Crippen molar-refractivity contribution in [2.24, 2.45) is 0 Å². The second-order valence-electron chi connectivity index (χ2n) is 7.66. The maximum Gasteiger partial charge on any atom is 0.149 e. The minimum absolute atomic E-state index is 0.132. The number of nitrogens with zero attached hydrogens (tertiary/aromatic N) is 1. The van der Waals surface area contributed by atoms with Crippen LogP contribution in [0.5, 0.6) is 0 Å². The molecule has 4 heteroatoms. The summed E-state index contributed by atoms with van der Waals surface area (Å²) in [6, 6.07) is 21.6. The lowest BCUT2D eigenvalue weighted by atomic mass is 10.0. The van der Waals surface area contributed by atoms with Crippen molar-refractivity contribution < 1.29 is 4.74 Å². The third-order valence-electron chi connectivity index (χ3n) is 5.07. The Morgan fingerprint density at radius 3 is 2.21 bits per heavy atom. The number of pyridine rings is 1. The average Bonchev–Trinajstić information content (AvgIpc) is 2.72. The summed E-state index contributed by atoms with van der Waals surface area (Å²) in [5.74, 6) is 0.848. The molecule has 0 aliphatic rings. The van der Waals surface area contributed by atoms with Crippen LogP contribution in [0.15, 0.2) is 66.9 Å². The normalized spacial score (nSPS) is 13.0. The van der Waals surface area contributed by atoms with Gasteiger partial charge in [0.05, 0.1) is 18.3 Å². The fourth-order valence-corrected chi connectivity index (χ4v) is 3.36. The molecule has 0 saturated carbocycles. The number of rotatable bonds is 9. The minimum Gasteiger partial charge on any atom is -0.383 e. The van der Waals surface area contributed by atoms with Crippen molar-refractivity contribution in [1.29, 1.82) is 0 Å². The Bertz CT molecular complexity index is 891. The standard InChI is InChI=1S/C25H31N3O/c1-18-7-11-21(12-8-18)16-23(17-29-4)28-25-24(6-5-15-26-25)27-20(3)22-13-9-19(2)10-14-22/h5-15,20,23,27H,16-17H2,1-4H3,(H,26,28). The van der Waals surface area contributed by atoms with Crippen molar-refractivity contribution in [1.82, 2.24) is 4.98 Å². The van der Waals surface area contributed by atoms with Crippen LogP contribution in [0.1, 0.15) is 35.2 Å². The molecule has 0 fully saturated rings. The molecule has 152 valence electrons. The van der Waals surface area contributed by atoms with E-state index in [0.29, 0.717) is 6.61 Å². The van der Waals surface area contributed by atoms with Crippen LogP contribution in [-0.4, -0.2) is 24.7 Å². The van der Waals surface area contributed by atoms with Gasteiger partial charge in [-0.1, -0.05) is 59.7 Å². The smallest absolute Gasteiger partial charge is 0.149 e. The van der Waals surface area contributed by atoms with Gasteiger partial charge < -0.3 is 15.4 Å². The van der Waals surface area contributed by atoms with E-state index in [4.69, 9.17) is 4.74 Å². The van der Waals surface area contributed by atoms with E-state index in [1.54, 1.807) is 7.11 Å². The summed E-state index contributed by atoms with van der Waals surface area (Å²) in [6.45, 7) is 6.99. The zero-order valence-corrected chi connectivity index (χ0v) is 17.8. The van der Waals surface area contributed by atoms with Crippen LogP contribution in [0.25, 0.3) is 0 Å². The summed E-state index contributed by atoms with van der Waals surface area (Å²) in [5.41, 5.74) is 6.06. The summed E-state index contributed by atoms with van der Waals surface area (Å²) in [5, 5.41) is 7.18. The van der Waals surface area contributed by atoms with Gasteiger partial charge in [0.2, 0.25) is 0 Å². The SMILES string of the molecule is COCC(Cc1ccc(C)cc1)Nc1ncccc1NC(C)c1ccc(C)cc1. The van der Waals surface area contributed by atoms with Gasteiger partial charge in [-0.3, -0.25) is 0 Å². The molecule has 0 bridgehead atoms. The molecule has 4 nitrogen and oxygen atoms in total. The summed E-state index contributed by atoms with van der Waals surface area (Å²) in [4.78, 5) is 4.59. The van der Waals surface area contributed by atoms with Gasteiger partial charge in [-0.2, -0.15) is 0 Å². The number of aryl methyl sites for hydroxylation is 2. The van der Waals surface area contributed by atoms with E-state index >= 15 is 0 Å². The predicted octanol–water partition coefficient (Wildman–Crippen LogP) is 5.54. The summed E-state index contributed by atoms with van der Waals surface area (Å²) in [7, 11) is 1.74. The van der Waals surface area contributed by atoms with Crippen molar-refractivity contribution >= 4 is 11.5 Å². The maximum atomic E-state index is 5.46. The highest BCUT2D eigenvalue weighted by Gasteiger charge is 2.14. The summed E-state index contributed by atoms with van der Waals surface area (Å²) >= 11 is 0. The first-order valence-corrected chi connectivity index (χ1v) is 10.1. The predicted molar refractivity (Wildman–Crippen MR) is 122 cm³/mol. The largest absolute Gasteiger partial charge is 0.383 e. The molecule has 1 heterocycles. The molecular weight excluding hydrogens is 358 g/mol. The van der Waals surface area contributed by atoms with Gasteiger partial charge in [0.15, 0.2) is 0 Å². The molecule has 2 unspecified atom stereocenters. The first kappa shape index (κ1) is 20.9. The quantitative estimate of drug-likeness (QED) is 0.504. The topological polar surface area (TPSA) is 46.2 Å². The second-order valence-corrected chi connectivity index (χ2v) is 7.66. The van der Waals surface area contributed by atoms with Gasteiger partial charge in [-0.15, -0.1) is 0 Å². The van der Waals surface area contributed by atoms with E-state index in [1.165, 1.54) is 22.3 Å². The molecule has 2 aromatic carbocycles. The Morgan fingerprint density at radius 1 is 0.897 bits per heavy atom. The van der Waals surface area contributed by atoms with Gasteiger partial charge in [-0.25, -0.2) is 4.98 Å². The van der Waals surface area contributed by atoms with Crippen LogP contribution in [0.4, 0.5) is 11.5 Å². The Labute approximate surface area is 174 Å². The lowest BCUT2D eigenvalue weighted by Crippen LogP contribution is -2.28. The molecule has 0 radical (unpaired) electrons. The molecule has 2 N–H and O–H groups in total. The number of benzene rings is 2. The number of aromatic nitrogens is 1. The van der Waals surface area contributed by atoms with Crippen molar-refractivity contribution in [2.75, 3.05) is 24.4 Å². The molecule has 0 aliphatic heterocycles. The Morgan fingerprint density at radius 2 is 1.55 bits per heavy atom. The van der Waals surface area contributed by atoms with Gasteiger partial charge in [0.1, 0.15) is 5.82 Å². The van der Waals surface area contributed by atoms with E-state index in [-0.39, 0.29) is 12.1 Å². The maximum absolute atomic E-state index is 5.46. The van der Waals surface area contributed by atoms with E-state index in [0.717, 1.165) is 17.9 Å². The van der Waals surface area contributed by atoms with Crippen molar-refractivity contribution in [3.63, 3.8) is 0 Å². The molecular formula is C25H31N3O. The zero-order chi connectivity index (χ0) is 20.6. The van der Waals surface area contributed by atoms with Gasteiger partial charge in [-0.05, 0) is 50.5 Å². The number of methoxy groups -OCH3 is 1. The lowest BCUT2D eigenvalue weighted by Gasteiger charge is -2.23. The van der Waals surface area contributed by atoms with E-state index in [2.05, 4.69) is 91.0 Å². The molecule has 0 amide bonds. The molecule has 0 saturated heterocycles. The number of hydrogen-bond acceptors (Lipinski definition) is 4. The Kier molecular flexibility index (Phi) is 7.25. The third-order valence-corrected chi connectivity index (χ3v) is 5.07. The van der Waals surface area contributed by atoms with Gasteiger partial charge >= 0.3 is 0 Å². The third kappa shape index (κ3) is 6.06. The average molecular weight is 390 g/mol. The molecule has 2 atom stereocenters. The number of nitrogens with one attached hydrogen (secondary N) is 2. The van der Waals surface area contributed by atoms with E-state index in [9.17, 15) is 0 Å². The fraction of sp³-hybridized carbons (Fsp3) is 0.320. The molecule has 3 aromatic rings. The Hall–Kier alpha value is -2.85. The molecule has 29 heavy (non-hydrogen) atoms. The number of hydrogen-bond donors (Lipinski definition) is 2. The zero-order valence-electron chi connectivity index (χ0n) is 17.8. The highest BCUT2D eigenvalue weighted by atomic mass is 16.5. The minimum atomic E-state index is 0.132. The van der Waals surface area contributed by atoms with Crippen LogP contribution >= 0.6 is 0 Å². The van der Waals surface area contributed by atoms with Crippen LogP contribution < -0.4 is 10.6 Å². The lowest BCUT2D eigenvalue weighted by molar-refractivity contribution is 0.185. The molecule has 0 aliphatic carbocycles. The van der Waals surface area contributed by atoms with Crippen molar-refractivity contribution in [3.8, 4) is 0 Å². The fourth-order valence-electron chi connectivity index (χ4n) is 3.36. The number of anilines is 2. The molecule has 0 spiro atoms. The van der Waals surface area contributed by atoms with Crippen LogP contribution in [0.2, 0.25) is 0 Å². The van der Waals surface area contributed by atoms with Gasteiger partial charge in [0, 0.05) is 19.3 Å². The van der Waals surface area contributed by atoms with Crippen LogP contribution in [0.3, 0.4) is 0 Å². The number of ether oxygens (including phenoxy) is 1. The van der Waals surface area contributed by atoms with Crippen molar-refractivity contribution in [3.05, 3.63) is 89.1 Å². The van der Waals surface area contributed by atoms with Crippen LogP contribution in [-0.2, 0) is 11.2 Å². The van der Waals surface area contributed by atoms with E-state index in [1.807, 2.05) is 12.3 Å². The first-order chi connectivity index (χ1) is 14.0. The summed E-state index contributed by atoms with van der Waals surface area (Å²) < 4.78 is 5.46. The highest BCUT2D eigenvalue weighted by Crippen LogP contribution is 2.25. The van der Waals surface area contributed by atoms with Crippen LogP contribution in [0, 0.1) is 13.8 Å². The monoisotopic (exact) mass is 389 g/mol. The second kappa shape index (κ2) is 10.1. The van der Waals surface area contributed by atoms with E-state index < -0.39 is 0 Å². The summed E-state index contributed by atoms with van der Waals surface area (Å²) in [6.07, 6.45) is 2.69. The van der Waals surface area contributed by atoms with Gasteiger partial charge in [0.25, 0.3) is 0 Å². The molecule has 3 rings (SSSR count).